The Bertz CT molecular complexity index is 817. The lowest BCUT2D eigenvalue weighted by Gasteiger charge is -2.24. The number of nitrogens with one attached hydrogen (secondary N) is 1. The second-order valence-electron chi connectivity index (χ2n) is 16.5. The van der Waals surface area contributed by atoms with Crippen molar-refractivity contribution in [1.82, 2.24) is 5.32 Å². The van der Waals surface area contributed by atoms with Crippen molar-refractivity contribution < 1.29 is 24.5 Å². The number of amides is 1. The molecule has 0 aliphatic carbocycles. The molecular formula is C48H93NO5. The Morgan fingerprint density at radius 2 is 0.926 bits per heavy atom. The minimum absolute atomic E-state index is 0.0721. The third-order valence-electron chi connectivity index (χ3n) is 11.1. The Balaban J connectivity index is 4.39. The summed E-state index contributed by atoms with van der Waals surface area (Å²) in [5, 5.41) is 23.7. The molecule has 6 nitrogen and oxygen atoms in total. The highest BCUT2D eigenvalue weighted by molar-refractivity contribution is 5.77. The average molecular weight is 764 g/mol. The van der Waals surface area contributed by atoms with Crippen LogP contribution >= 0.6 is 0 Å². The van der Waals surface area contributed by atoms with Crippen LogP contribution in [0.15, 0.2) is 12.2 Å². The van der Waals surface area contributed by atoms with Gasteiger partial charge in [0.1, 0.15) is 6.10 Å². The van der Waals surface area contributed by atoms with E-state index in [0.717, 1.165) is 64.2 Å². The van der Waals surface area contributed by atoms with Crippen LogP contribution in [-0.4, -0.2) is 46.9 Å². The molecule has 0 saturated heterocycles. The zero-order valence-electron chi connectivity index (χ0n) is 36.4. The van der Waals surface area contributed by atoms with Gasteiger partial charge in [-0.25, -0.2) is 0 Å². The van der Waals surface area contributed by atoms with Crippen molar-refractivity contribution in [3.05, 3.63) is 12.2 Å². The largest absolute Gasteiger partial charge is 0.462 e. The maximum absolute atomic E-state index is 13.1. The zero-order chi connectivity index (χ0) is 39.6. The summed E-state index contributed by atoms with van der Waals surface area (Å²) >= 11 is 0. The molecule has 6 heteroatoms. The van der Waals surface area contributed by atoms with E-state index in [9.17, 15) is 19.8 Å². The Labute approximate surface area is 336 Å². The topological polar surface area (TPSA) is 95.9 Å². The van der Waals surface area contributed by atoms with E-state index in [1.165, 1.54) is 148 Å². The van der Waals surface area contributed by atoms with Gasteiger partial charge >= 0.3 is 5.97 Å². The van der Waals surface area contributed by atoms with Gasteiger partial charge in [-0.3, -0.25) is 9.59 Å². The molecule has 0 rings (SSSR count). The smallest absolute Gasteiger partial charge is 0.306 e. The minimum atomic E-state index is -0.784. The SMILES string of the molecule is CCC/C=C\CCCCCC(CC(=O)NC(CO)C(O)CCCCCCCCCCCCCCCCCC)OC(=O)CCCCCCCCCCCCC. The lowest BCUT2D eigenvalue weighted by molar-refractivity contribution is -0.151. The van der Waals surface area contributed by atoms with Crippen molar-refractivity contribution in [2.45, 2.75) is 277 Å². The van der Waals surface area contributed by atoms with E-state index >= 15 is 0 Å². The fraction of sp³-hybridized carbons (Fsp3) is 0.917. The Morgan fingerprint density at radius 3 is 1.39 bits per heavy atom. The molecule has 1 amide bonds. The number of carbonyl (C=O) groups is 2. The van der Waals surface area contributed by atoms with E-state index in [0.29, 0.717) is 19.3 Å². The first-order valence-corrected chi connectivity index (χ1v) is 23.9. The fourth-order valence-electron chi connectivity index (χ4n) is 7.43. The third-order valence-corrected chi connectivity index (χ3v) is 11.1. The van der Waals surface area contributed by atoms with Gasteiger partial charge in [-0.05, 0) is 44.9 Å². The van der Waals surface area contributed by atoms with Gasteiger partial charge in [0, 0.05) is 6.42 Å². The summed E-state index contributed by atoms with van der Waals surface area (Å²) in [7, 11) is 0. The van der Waals surface area contributed by atoms with Crippen LogP contribution in [0.25, 0.3) is 0 Å². The van der Waals surface area contributed by atoms with Crippen molar-refractivity contribution in [3.63, 3.8) is 0 Å². The Morgan fingerprint density at radius 1 is 0.519 bits per heavy atom. The van der Waals surface area contributed by atoms with Crippen LogP contribution in [0.3, 0.4) is 0 Å². The van der Waals surface area contributed by atoms with Crippen LogP contribution in [0.5, 0.6) is 0 Å². The van der Waals surface area contributed by atoms with E-state index in [4.69, 9.17) is 4.74 Å². The summed E-state index contributed by atoms with van der Waals surface area (Å²) in [5.74, 6) is -0.483. The number of hydrogen-bond donors (Lipinski definition) is 3. The minimum Gasteiger partial charge on any atom is -0.462 e. The first-order chi connectivity index (χ1) is 26.5. The van der Waals surface area contributed by atoms with E-state index in [1.54, 1.807) is 0 Å². The molecular weight excluding hydrogens is 671 g/mol. The van der Waals surface area contributed by atoms with E-state index in [2.05, 4.69) is 38.2 Å². The van der Waals surface area contributed by atoms with Gasteiger partial charge < -0.3 is 20.3 Å². The van der Waals surface area contributed by atoms with E-state index in [1.807, 2.05) is 0 Å². The highest BCUT2D eigenvalue weighted by atomic mass is 16.5. The average Bonchev–Trinajstić information content (AvgIpc) is 3.16. The molecule has 0 saturated carbocycles. The normalized spacial score (nSPS) is 13.4. The molecule has 0 heterocycles. The molecule has 0 aromatic rings. The predicted molar refractivity (Wildman–Crippen MR) is 232 cm³/mol. The van der Waals surface area contributed by atoms with E-state index in [-0.39, 0.29) is 24.9 Å². The van der Waals surface area contributed by atoms with Crippen LogP contribution in [0.2, 0.25) is 0 Å². The van der Waals surface area contributed by atoms with Gasteiger partial charge in [0.05, 0.1) is 25.2 Å². The second kappa shape index (κ2) is 42.7. The van der Waals surface area contributed by atoms with Gasteiger partial charge in [-0.2, -0.15) is 0 Å². The summed E-state index contributed by atoms with van der Waals surface area (Å²) < 4.78 is 5.87. The van der Waals surface area contributed by atoms with Crippen molar-refractivity contribution in [2.75, 3.05) is 6.61 Å². The summed E-state index contributed by atoms with van der Waals surface area (Å²) in [6, 6.07) is -0.698. The number of ether oxygens (including phenoxy) is 1. The number of hydrogen-bond acceptors (Lipinski definition) is 5. The Hall–Kier alpha value is -1.40. The first kappa shape index (κ1) is 52.6. The van der Waals surface area contributed by atoms with Gasteiger partial charge in [-0.1, -0.05) is 213 Å². The molecule has 54 heavy (non-hydrogen) atoms. The van der Waals surface area contributed by atoms with Gasteiger partial charge in [0.2, 0.25) is 5.91 Å². The second-order valence-corrected chi connectivity index (χ2v) is 16.5. The maximum atomic E-state index is 13.1. The monoisotopic (exact) mass is 764 g/mol. The molecule has 3 N–H and O–H groups in total. The van der Waals surface area contributed by atoms with Crippen molar-refractivity contribution in [3.8, 4) is 0 Å². The van der Waals surface area contributed by atoms with Crippen molar-refractivity contribution in [2.24, 2.45) is 0 Å². The molecule has 0 aliphatic rings. The standard InChI is InChI=1S/C48H93NO5/c1-4-7-10-13-16-19-21-22-23-24-25-27-28-31-34-37-40-46(51)45(43-50)49-47(52)42-44(39-36-33-30-18-15-12-9-6-3)54-48(53)41-38-35-32-29-26-20-17-14-11-8-5-2/h12,15,44-46,50-51H,4-11,13-14,16-43H2,1-3H3,(H,49,52)/b15-12-. The number of aliphatic hydroxyl groups excluding tert-OH is 2. The fourth-order valence-corrected chi connectivity index (χ4v) is 7.43. The van der Waals surface area contributed by atoms with Crippen LogP contribution in [0, 0.1) is 0 Å². The van der Waals surface area contributed by atoms with Gasteiger partial charge in [-0.15, -0.1) is 0 Å². The van der Waals surface area contributed by atoms with Crippen molar-refractivity contribution >= 4 is 11.9 Å². The summed E-state index contributed by atoms with van der Waals surface area (Å²) in [6.45, 7) is 6.41. The number of esters is 1. The summed E-state index contributed by atoms with van der Waals surface area (Å²) in [4.78, 5) is 25.9. The van der Waals surface area contributed by atoms with Crippen LogP contribution in [-0.2, 0) is 14.3 Å². The molecule has 320 valence electrons. The molecule has 0 aromatic heterocycles. The number of allylic oxidation sites excluding steroid dienone is 2. The van der Waals surface area contributed by atoms with Crippen molar-refractivity contribution in [1.29, 1.82) is 0 Å². The molecule has 0 aliphatic heterocycles. The first-order valence-electron chi connectivity index (χ1n) is 23.9. The lowest BCUT2D eigenvalue weighted by Crippen LogP contribution is -2.46. The van der Waals surface area contributed by atoms with Gasteiger partial charge in [0.25, 0.3) is 0 Å². The van der Waals surface area contributed by atoms with Gasteiger partial charge in [0.15, 0.2) is 0 Å². The Kier molecular flexibility index (Phi) is 41.6. The number of rotatable bonds is 43. The maximum Gasteiger partial charge on any atom is 0.306 e. The highest BCUT2D eigenvalue weighted by Gasteiger charge is 2.24. The molecule has 3 unspecified atom stereocenters. The number of carbonyl (C=O) groups excluding carboxylic acids is 2. The number of aliphatic hydroxyl groups is 2. The molecule has 0 spiro atoms. The lowest BCUT2D eigenvalue weighted by atomic mass is 10.0. The van der Waals surface area contributed by atoms with Crippen LogP contribution < -0.4 is 5.32 Å². The predicted octanol–water partition coefficient (Wildman–Crippen LogP) is 13.8. The van der Waals surface area contributed by atoms with Crippen LogP contribution in [0.1, 0.15) is 258 Å². The highest BCUT2D eigenvalue weighted by Crippen LogP contribution is 2.18. The molecule has 3 atom stereocenters. The quantitative estimate of drug-likeness (QED) is 0.0326. The molecule has 0 radical (unpaired) electrons. The third kappa shape index (κ3) is 37.5. The summed E-state index contributed by atoms with van der Waals surface area (Å²) in [5.41, 5.74) is 0. The molecule has 0 bridgehead atoms. The zero-order valence-corrected chi connectivity index (χ0v) is 36.4. The van der Waals surface area contributed by atoms with E-state index < -0.39 is 18.2 Å². The molecule has 0 aromatic carbocycles. The summed E-state index contributed by atoms with van der Waals surface area (Å²) in [6.07, 6.45) is 45.7. The molecule has 0 fully saturated rings. The number of unbranched alkanes of at least 4 members (excludes halogenated alkanes) is 29. The van der Waals surface area contributed by atoms with Crippen LogP contribution in [0.4, 0.5) is 0 Å².